The molecule has 1 aromatic rings. The highest BCUT2D eigenvalue weighted by Crippen LogP contribution is 2.23. The molecule has 0 atom stereocenters. The summed E-state index contributed by atoms with van der Waals surface area (Å²) in [5, 5.41) is 8.73. The number of nitrogens with two attached hydrogens (primary N) is 1. The van der Waals surface area contributed by atoms with Gasteiger partial charge in [-0.3, -0.25) is 0 Å². The summed E-state index contributed by atoms with van der Waals surface area (Å²) < 4.78 is 4.99. The number of hydrogen-bond acceptors (Lipinski definition) is 4. The van der Waals surface area contributed by atoms with Crippen LogP contribution in [0.5, 0.6) is 0 Å². The number of ether oxygens (including phenoxy) is 1. The first-order valence-electron chi connectivity index (χ1n) is 5.18. The Balaban J connectivity index is 2.69. The fourth-order valence-electron chi connectivity index (χ4n) is 1.54. The SMILES string of the molecule is COCCCN(C)c1ccc(C#N)cc1N. The molecule has 0 heterocycles. The van der Waals surface area contributed by atoms with Crippen molar-refractivity contribution >= 4 is 11.4 Å². The summed E-state index contributed by atoms with van der Waals surface area (Å²) in [4.78, 5) is 2.06. The largest absolute Gasteiger partial charge is 0.397 e. The molecule has 0 aliphatic heterocycles. The number of nitriles is 1. The molecule has 0 bridgehead atoms. The van der Waals surface area contributed by atoms with Crippen LogP contribution in [-0.4, -0.2) is 27.3 Å². The minimum absolute atomic E-state index is 0.589. The van der Waals surface area contributed by atoms with Gasteiger partial charge in [-0.2, -0.15) is 5.26 Å². The quantitative estimate of drug-likeness (QED) is 0.603. The van der Waals surface area contributed by atoms with Gasteiger partial charge in [0.1, 0.15) is 0 Å². The summed E-state index contributed by atoms with van der Waals surface area (Å²) in [6.07, 6.45) is 0.951. The van der Waals surface area contributed by atoms with E-state index in [-0.39, 0.29) is 0 Å². The molecule has 1 rings (SSSR count). The molecular weight excluding hydrogens is 202 g/mol. The van der Waals surface area contributed by atoms with Crippen LogP contribution in [0.25, 0.3) is 0 Å². The Bertz CT molecular complexity index is 384. The fraction of sp³-hybridized carbons (Fsp3) is 0.417. The lowest BCUT2D eigenvalue weighted by Crippen LogP contribution is -2.20. The zero-order chi connectivity index (χ0) is 12.0. The molecule has 2 N–H and O–H groups in total. The number of nitrogens with zero attached hydrogens (tertiary/aromatic N) is 2. The van der Waals surface area contributed by atoms with E-state index in [2.05, 4.69) is 11.0 Å². The third-order valence-electron chi connectivity index (χ3n) is 2.41. The van der Waals surface area contributed by atoms with Crippen LogP contribution in [-0.2, 0) is 4.74 Å². The highest BCUT2D eigenvalue weighted by atomic mass is 16.5. The lowest BCUT2D eigenvalue weighted by atomic mass is 10.1. The summed E-state index contributed by atoms with van der Waals surface area (Å²) in [7, 11) is 3.67. The second-order valence-corrected chi connectivity index (χ2v) is 3.65. The van der Waals surface area contributed by atoms with E-state index in [1.807, 2.05) is 13.1 Å². The number of rotatable bonds is 5. The normalized spacial score (nSPS) is 9.81. The van der Waals surface area contributed by atoms with Crippen LogP contribution in [0, 0.1) is 11.3 Å². The van der Waals surface area contributed by atoms with E-state index >= 15 is 0 Å². The predicted octanol–water partition coefficient (Wildman–Crippen LogP) is 1.61. The molecule has 1 aromatic carbocycles. The van der Waals surface area contributed by atoms with E-state index in [4.69, 9.17) is 15.7 Å². The lowest BCUT2D eigenvalue weighted by Gasteiger charge is -2.20. The van der Waals surface area contributed by atoms with Crippen molar-refractivity contribution in [2.45, 2.75) is 6.42 Å². The third kappa shape index (κ3) is 3.14. The minimum atomic E-state index is 0.589. The van der Waals surface area contributed by atoms with Crippen molar-refractivity contribution in [1.82, 2.24) is 0 Å². The second kappa shape index (κ2) is 5.99. The van der Waals surface area contributed by atoms with Gasteiger partial charge in [0.05, 0.1) is 23.0 Å². The van der Waals surface area contributed by atoms with E-state index in [1.165, 1.54) is 0 Å². The smallest absolute Gasteiger partial charge is 0.0992 e. The van der Waals surface area contributed by atoms with Gasteiger partial charge in [0.25, 0.3) is 0 Å². The van der Waals surface area contributed by atoms with Gasteiger partial charge in [-0.15, -0.1) is 0 Å². The van der Waals surface area contributed by atoms with Crippen LogP contribution in [0.15, 0.2) is 18.2 Å². The number of hydrogen-bond donors (Lipinski definition) is 1. The van der Waals surface area contributed by atoms with Gasteiger partial charge in [0, 0.05) is 27.3 Å². The molecular formula is C12H17N3O. The van der Waals surface area contributed by atoms with Crippen molar-refractivity contribution in [1.29, 1.82) is 5.26 Å². The predicted molar refractivity (Wildman–Crippen MR) is 65.3 cm³/mol. The fourth-order valence-corrected chi connectivity index (χ4v) is 1.54. The third-order valence-corrected chi connectivity index (χ3v) is 2.41. The van der Waals surface area contributed by atoms with E-state index in [1.54, 1.807) is 19.2 Å². The van der Waals surface area contributed by atoms with E-state index in [0.29, 0.717) is 11.3 Å². The molecule has 0 aromatic heterocycles. The molecule has 0 saturated carbocycles. The van der Waals surface area contributed by atoms with Crippen molar-refractivity contribution in [2.24, 2.45) is 0 Å². The average Bonchev–Trinajstić information content (AvgIpc) is 2.29. The maximum absolute atomic E-state index is 8.73. The molecule has 0 unspecified atom stereocenters. The molecule has 4 heteroatoms. The summed E-state index contributed by atoms with van der Waals surface area (Å²) in [6, 6.07) is 7.42. The molecule has 0 aliphatic rings. The Morgan fingerprint density at radius 1 is 1.50 bits per heavy atom. The Hall–Kier alpha value is -1.73. The van der Waals surface area contributed by atoms with Crippen molar-refractivity contribution in [2.75, 3.05) is 37.9 Å². The van der Waals surface area contributed by atoms with Gasteiger partial charge < -0.3 is 15.4 Å². The molecule has 0 radical (unpaired) electrons. The molecule has 0 spiro atoms. The van der Waals surface area contributed by atoms with Crippen molar-refractivity contribution in [3.8, 4) is 6.07 Å². The number of benzene rings is 1. The Morgan fingerprint density at radius 3 is 2.81 bits per heavy atom. The first-order valence-corrected chi connectivity index (χ1v) is 5.18. The van der Waals surface area contributed by atoms with Crippen LogP contribution in [0.3, 0.4) is 0 Å². The van der Waals surface area contributed by atoms with Gasteiger partial charge >= 0.3 is 0 Å². The van der Waals surface area contributed by atoms with Gasteiger partial charge in [-0.05, 0) is 24.6 Å². The summed E-state index contributed by atoms with van der Waals surface area (Å²) in [6.45, 7) is 1.62. The van der Waals surface area contributed by atoms with Crippen LogP contribution in [0.1, 0.15) is 12.0 Å². The Kier molecular flexibility index (Phi) is 4.62. The maximum Gasteiger partial charge on any atom is 0.0992 e. The molecule has 16 heavy (non-hydrogen) atoms. The standard InChI is InChI=1S/C12H17N3O/c1-15(6-3-7-16-2)12-5-4-10(9-13)8-11(12)14/h4-5,8H,3,6-7,14H2,1-2H3. The number of nitrogen functional groups attached to an aromatic ring is 1. The summed E-state index contributed by atoms with van der Waals surface area (Å²) in [5.41, 5.74) is 8.06. The van der Waals surface area contributed by atoms with E-state index in [0.717, 1.165) is 25.3 Å². The Morgan fingerprint density at radius 2 is 2.25 bits per heavy atom. The van der Waals surface area contributed by atoms with Crippen molar-refractivity contribution in [3.63, 3.8) is 0 Å². The van der Waals surface area contributed by atoms with Crippen molar-refractivity contribution < 1.29 is 4.74 Å². The lowest BCUT2D eigenvalue weighted by molar-refractivity contribution is 0.196. The number of methoxy groups -OCH3 is 1. The molecule has 0 amide bonds. The zero-order valence-electron chi connectivity index (χ0n) is 9.73. The molecule has 4 nitrogen and oxygen atoms in total. The monoisotopic (exact) mass is 219 g/mol. The molecule has 0 saturated heterocycles. The summed E-state index contributed by atoms with van der Waals surface area (Å²) >= 11 is 0. The summed E-state index contributed by atoms with van der Waals surface area (Å²) in [5.74, 6) is 0. The molecule has 86 valence electrons. The Labute approximate surface area is 96.2 Å². The average molecular weight is 219 g/mol. The van der Waals surface area contributed by atoms with Crippen LogP contribution >= 0.6 is 0 Å². The van der Waals surface area contributed by atoms with Crippen molar-refractivity contribution in [3.05, 3.63) is 23.8 Å². The van der Waals surface area contributed by atoms with Gasteiger partial charge in [0.15, 0.2) is 0 Å². The van der Waals surface area contributed by atoms with Gasteiger partial charge in [-0.25, -0.2) is 0 Å². The first-order chi connectivity index (χ1) is 7.69. The van der Waals surface area contributed by atoms with Crippen LogP contribution < -0.4 is 10.6 Å². The topological polar surface area (TPSA) is 62.3 Å². The van der Waals surface area contributed by atoms with Crippen LogP contribution in [0.4, 0.5) is 11.4 Å². The van der Waals surface area contributed by atoms with Gasteiger partial charge in [0.2, 0.25) is 0 Å². The maximum atomic E-state index is 8.73. The van der Waals surface area contributed by atoms with E-state index < -0.39 is 0 Å². The minimum Gasteiger partial charge on any atom is -0.397 e. The number of anilines is 2. The first kappa shape index (κ1) is 12.3. The van der Waals surface area contributed by atoms with Crippen LogP contribution in [0.2, 0.25) is 0 Å². The van der Waals surface area contributed by atoms with E-state index in [9.17, 15) is 0 Å². The second-order valence-electron chi connectivity index (χ2n) is 3.65. The highest BCUT2D eigenvalue weighted by Gasteiger charge is 2.05. The zero-order valence-corrected chi connectivity index (χ0v) is 9.73. The molecule has 0 aliphatic carbocycles. The van der Waals surface area contributed by atoms with Gasteiger partial charge in [-0.1, -0.05) is 0 Å². The molecule has 0 fully saturated rings. The highest BCUT2D eigenvalue weighted by molar-refractivity contribution is 5.69.